The van der Waals surface area contributed by atoms with E-state index in [-0.39, 0.29) is 24.1 Å². The molecule has 4 rings (SSSR count). The SMILES string of the molecule is CCN(Cc1ccc2c(c1)OCO2)C(=O)C1CCCN(S(=O)(=O)c2ccc(F)cc2)C1. The van der Waals surface area contributed by atoms with Crippen molar-refractivity contribution in [1.82, 2.24) is 9.21 Å². The number of hydrogen-bond donors (Lipinski definition) is 0. The van der Waals surface area contributed by atoms with E-state index in [2.05, 4.69) is 0 Å². The first-order valence-electron chi connectivity index (χ1n) is 10.3. The van der Waals surface area contributed by atoms with Gasteiger partial charge >= 0.3 is 0 Å². The van der Waals surface area contributed by atoms with E-state index in [4.69, 9.17) is 9.47 Å². The Morgan fingerprint density at radius 3 is 2.65 bits per heavy atom. The summed E-state index contributed by atoms with van der Waals surface area (Å²) in [6.07, 6.45) is 1.23. The zero-order valence-corrected chi connectivity index (χ0v) is 18.1. The highest BCUT2D eigenvalue weighted by molar-refractivity contribution is 7.89. The number of fused-ring (bicyclic) bond motifs is 1. The molecule has 0 saturated carbocycles. The van der Waals surface area contributed by atoms with Crippen molar-refractivity contribution in [3.8, 4) is 11.5 Å². The molecular weight excluding hydrogens is 423 g/mol. The maximum absolute atomic E-state index is 13.2. The highest BCUT2D eigenvalue weighted by Crippen LogP contribution is 2.33. The number of halogens is 1. The Hall–Kier alpha value is -2.65. The molecule has 0 N–H and O–H groups in total. The van der Waals surface area contributed by atoms with Gasteiger partial charge in [-0.1, -0.05) is 6.07 Å². The van der Waals surface area contributed by atoms with Crippen LogP contribution in [0.3, 0.4) is 0 Å². The van der Waals surface area contributed by atoms with Crippen molar-refractivity contribution in [2.24, 2.45) is 5.92 Å². The fourth-order valence-electron chi connectivity index (χ4n) is 3.98. The summed E-state index contributed by atoms with van der Waals surface area (Å²) < 4.78 is 51.2. The number of amides is 1. The van der Waals surface area contributed by atoms with Crippen molar-refractivity contribution in [3.05, 3.63) is 53.8 Å². The van der Waals surface area contributed by atoms with Crippen LogP contribution in [0, 0.1) is 11.7 Å². The first kappa shape index (κ1) is 21.6. The Morgan fingerprint density at radius 2 is 1.90 bits per heavy atom. The fourth-order valence-corrected chi connectivity index (χ4v) is 5.51. The van der Waals surface area contributed by atoms with Gasteiger partial charge in [0.1, 0.15) is 5.82 Å². The van der Waals surface area contributed by atoms with Crippen molar-refractivity contribution < 1.29 is 27.1 Å². The molecule has 7 nitrogen and oxygen atoms in total. The normalized spacial score (nSPS) is 18.7. The second kappa shape index (κ2) is 8.84. The number of carbonyl (C=O) groups excluding carboxylic acids is 1. The van der Waals surface area contributed by atoms with Crippen LogP contribution in [-0.4, -0.2) is 50.0 Å². The van der Waals surface area contributed by atoms with Crippen LogP contribution in [0.25, 0.3) is 0 Å². The van der Waals surface area contributed by atoms with Crippen LogP contribution in [-0.2, 0) is 21.4 Å². The van der Waals surface area contributed by atoms with Crippen molar-refractivity contribution in [2.45, 2.75) is 31.2 Å². The van der Waals surface area contributed by atoms with E-state index in [1.54, 1.807) is 4.90 Å². The van der Waals surface area contributed by atoms with Gasteiger partial charge in [-0.3, -0.25) is 4.79 Å². The predicted molar refractivity (Wildman–Crippen MR) is 112 cm³/mol. The third kappa shape index (κ3) is 4.52. The molecule has 1 saturated heterocycles. The van der Waals surface area contributed by atoms with E-state index in [0.717, 1.165) is 17.7 Å². The third-order valence-corrected chi connectivity index (χ3v) is 7.57. The van der Waals surface area contributed by atoms with Gasteiger partial charge in [0.05, 0.1) is 10.8 Å². The molecule has 2 aromatic rings. The van der Waals surface area contributed by atoms with Gasteiger partial charge in [-0.05, 0) is 61.7 Å². The molecule has 0 aliphatic carbocycles. The molecule has 31 heavy (non-hydrogen) atoms. The molecule has 1 unspecified atom stereocenters. The Bertz CT molecular complexity index is 1060. The van der Waals surface area contributed by atoms with E-state index in [9.17, 15) is 17.6 Å². The Balaban J connectivity index is 1.46. The number of carbonyl (C=O) groups is 1. The van der Waals surface area contributed by atoms with Crippen LogP contribution in [0.1, 0.15) is 25.3 Å². The quantitative estimate of drug-likeness (QED) is 0.679. The van der Waals surface area contributed by atoms with Crippen molar-refractivity contribution in [3.63, 3.8) is 0 Å². The molecule has 0 bridgehead atoms. The molecular formula is C22H25FN2O5S. The summed E-state index contributed by atoms with van der Waals surface area (Å²) in [6, 6.07) is 10.4. The first-order chi connectivity index (χ1) is 14.9. The lowest BCUT2D eigenvalue weighted by Crippen LogP contribution is -2.46. The van der Waals surface area contributed by atoms with Gasteiger partial charge in [0.15, 0.2) is 11.5 Å². The minimum Gasteiger partial charge on any atom is -0.454 e. The zero-order chi connectivity index (χ0) is 22.0. The molecule has 2 aromatic carbocycles. The van der Waals surface area contributed by atoms with Crippen LogP contribution in [0.4, 0.5) is 4.39 Å². The second-order valence-electron chi connectivity index (χ2n) is 7.70. The van der Waals surface area contributed by atoms with E-state index in [1.165, 1.54) is 16.4 Å². The number of hydrogen-bond acceptors (Lipinski definition) is 5. The number of piperidine rings is 1. The van der Waals surface area contributed by atoms with E-state index >= 15 is 0 Å². The summed E-state index contributed by atoms with van der Waals surface area (Å²) in [6.45, 7) is 3.48. The largest absolute Gasteiger partial charge is 0.454 e. The molecule has 0 radical (unpaired) electrons. The number of benzene rings is 2. The Labute approximate surface area is 181 Å². The van der Waals surface area contributed by atoms with Crippen molar-refractivity contribution >= 4 is 15.9 Å². The molecule has 1 amide bonds. The van der Waals surface area contributed by atoms with Crippen LogP contribution >= 0.6 is 0 Å². The van der Waals surface area contributed by atoms with E-state index < -0.39 is 21.8 Å². The summed E-state index contributed by atoms with van der Waals surface area (Å²) in [4.78, 5) is 15.0. The fraction of sp³-hybridized carbons (Fsp3) is 0.409. The Morgan fingerprint density at radius 1 is 1.16 bits per heavy atom. The average Bonchev–Trinajstić information content (AvgIpc) is 3.25. The molecule has 1 atom stereocenters. The molecule has 9 heteroatoms. The van der Waals surface area contributed by atoms with E-state index in [0.29, 0.717) is 44.0 Å². The van der Waals surface area contributed by atoms with Gasteiger partial charge in [0.25, 0.3) is 0 Å². The van der Waals surface area contributed by atoms with Crippen molar-refractivity contribution in [2.75, 3.05) is 26.4 Å². The molecule has 0 spiro atoms. The number of nitrogens with zero attached hydrogens (tertiary/aromatic N) is 2. The number of sulfonamides is 1. The standard InChI is InChI=1S/C22H25FN2O5S/c1-2-24(13-16-5-10-20-21(12-16)30-15-29-20)22(26)17-4-3-11-25(14-17)31(27,28)19-8-6-18(23)7-9-19/h5-10,12,17H,2-4,11,13-15H2,1H3. The summed E-state index contributed by atoms with van der Waals surface area (Å²) in [5, 5.41) is 0. The van der Waals surface area contributed by atoms with Gasteiger partial charge in [-0.15, -0.1) is 0 Å². The maximum Gasteiger partial charge on any atom is 0.243 e. The van der Waals surface area contributed by atoms with Gasteiger partial charge < -0.3 is 14.4 Å². The summed E-state index contributed by atoms with van der Waals surface area (Å²) in [5.41, 5.74) is 0.922. The molecule has 2 aliphatic heterocycles. The minimum atomic E-state index is -3.78. The number of ether oxygens (including phenoxy) is 2. The zero-order valence-electron chi connectivity index (χ0n) is 17.3. The van der Waals surface area contributed by atoms with Crippen LogP contribution in [0.5, 0.6) is 11.5 Å². The summed E-state index contributed by atoms with van der Waals surface area (Å²) in [7, 11) is -3.78. The van der Waals surface area contributed by atoms with E-state index in [1.807, 2.05) is 25.1 Å². The van der Waals surface area contributed by atoms with Crippen molar-refractivity contribution in [1.29, 1.82) is 0 Å². The Kier molecular flexibility index (Phi) is 6.15. The lowest BCUT2D eigenvalue weighted by molar-refractivity contribution is -0.137. The molecule has 0 aromatic heterocycles. The van der Waals surface area contributed by atoms with Crippen LogP contribution in [0.2, 0.25) is 0 Å². The lowest BCUT2D eigenvalue weighted by Gasteiger charge is -2.34. The number of rotatable bonds is 6. The highest BCUT2D eigenvalue weighted by Gasteiger charge is 2.35. The minimum absolute atomic E-state index is 0.0368. The van der Waals surface area contributed by atoms with Gasteiger partial charge in [-0.25, -0.2) is 12.8 Å². The first-order valence-corrected chi connectivity index (χ1v) is 11.8. The molecule has 2 aliphatic rings. The van der Waals surface area contributed by atoms with Gasteiger partial charge in [0, 0.05) is 26.2 Å². The summed E-state index contributed by atoms with van der Waals surface area (Å²) >= 11 is 0. The molecule has 1 fully saturated rings. The van der Waals surface area contributed by atoms with Gasteiger partial charge in [0.2, 0.25) is 22.7 Å². The summed E-state index contributed by atoms with van der Waals surface area (Å²) in [5.74, 6) is 0.368. The van der Waals surface area contributed by atoms with Crippen LogP contribution in [0.15, 0.2) is 47.4 Å². The monoisotopic (exact) mass is 448 g/mol. The third-order valence-electron chi connectivity index (χ3n) is 5.69. The highest BCUT2D eigenvalue weighted by atomic mass is 32.2. The lowest BCUT2D eigenvalue weighted by atomic mass is 9.97. The van der Waals surface area contributed by atoms with Gasteiger partial charge in [-0.2, -0.15) is 4.31 Å². The molecule has 2 heterocycles. The topological polar surface area (TPSA) is 76.2 Å². The maximum atomic E-state index is 13.2. The second-order valence-corrected chi connectivity index (χ2v) is 9.63. The molecule has 166 valence electrons. The average molecular weight is 449 g/mol. The smallest absolute Gasteiger partial charge is 0.243 e. The predicted octanol–water partition coefficient (Wildman–Crippen LogP) is 3.00. The van der Waals surface area contributed by atoms with Crippen LogP contribution < -0.4 is 9.47 Å².